The summed E-state index contributed by atoms with van der Waals surface area (Å²) >= 11 is 1.67. The molecule has 0 atom stereocenters. The van der Waals surface area contributed by atoms with Gasteiger partial charge in [0.05, 0.1) is 18.4 Å². The van der Waals surface area contributed by atoms with Crippen molar-refractivity contribution >= 4 is 29.0 Å². The first-order chi connectivity index (χ1) is 16.7. The largest absolute Gasteiger partial charge is 0.497 e. The van der Waals surface area contributed by atoms with Gasteiger partial charge in [-0.05, 0) is 55.0 Å². The van der Waals surface area contributed by atoms with E-state index in [2.05, 4.69) is 28.2 Å². The number of hydrogen-bond donors (Lipinski definition) is 0. The highest BCUT2D eigenvalue weighted by Crippen LogP contribution is 2.28. The first-order valence-corrected chi connectivity index (χ1v) is 12.5. The fourth-order valence-corrected chi connectivity index (χ4v) is 5.25. The molecule has 1 aliphatic rings. The molecule has 0 spiro atoms. The van der Waals surface area contributed by atoms with E-state index in [0.29, 0.717) is 6.54 Å². The van der Waals surface area contributed by atoms with Gasteiger partial charge >= 0.3 is 0 Å². The van der Waals surface area contributed by atoms with Crippen LogP contribution in [-0.4, -0.2) is 53.5 Å². The van der Waals surface area contributed by atoms with Crippen LogP contribution < -0.4 is 9.64 Å². The summed E-state index contributed by atoms with van der Waals surface area (Å²) in [6, 6.07) is 22.1. The Morgan fingerprint density at radius 1 is 0.971 bits per heavy atom. The van der Waals surface area contributed by atoms with E-state index in [-0.39, 0.29) is 5.91 Å². The Kier molecular flexibility index (Phi) is 6.72. The molecule has 0 radical (unpaired) electrons. The maximum Gasteiger partial charge on any atom is 0.255 e. The van der Waals surface area contributed by atoms with Crippen LogP contribution in [0.4, 0.5) is 5.69 Å². The second kappa shape index (κ2) is 10.2. The van der Waals surface area contributed by atoms with Crippen LogP contribution in [0.3, 0.4) is 0 Å². The van der Waals surface area contributed by atoms with Gasteiger partial charge in [-0.1, -0.05) is 18.2 Å². The molecule has 174 valence electrons. The van der Waals surface area contributed by atoms with Crippen LogP contribution in [0.25, 0.3) is 5.65 Å². The topological polar surface area (TPSA) is 50.1 Å². The molecule has 7 heteroatoms. The van der Waals surface area contributed by atoms with Crippen molar-refractivity contribution in [1.82, 2.24) is 14.3 Å². The van der Waals surface area contributed by atoms with Crippen molar-refractivity contribution in [1.29, 1.82) is 0 Å². The van der Waals surface area contributed by atoms with Crippen LogP contribution in [-0.2, 0) is 5.75 Å². The zero-order chi connectivity index (χ0) is 23.3. The van der Waals surface area contributed by atoms with Gasteiger partial charge in [-0.3, -0.25) is 4.79 Å². The molecule has 0 unspecified atom stereocenters. The van der Waals surface area contributed by atoms with Crippen molar-refractivity contribution in [2.45, 2.75) is 17.1 Å². The number of rotatable bonds is 6. The summed E-state index contributed by atoms with van der Waals surface area (Å²) in [5, 5.41) is 0. The van der Waals surface area contributed by atoms with Crippen molar-refractivity contribution in [2.75, 3.05) is 38.2 Å². The molecule has 0 bridgehead atoms. The van der Waals surface area contributed by atoms with Gasteiger partial charge in [0.15, 0.2) is 0 Å². The van der Waals surface area contributed by atoms with Crippen LogP contribution >= 0.6 is 11.8 Å². The number of benzene rings is 2. The Balaban J connectivity index is 1.26. The summed E-state index contributed by atoms with van der Waals surface area (Å²) in [6.45, 7) is 3.21. The molecule has 34 heavy (non-hydrogen) atoms. The molecule has 6 nitrogen and oxygen atoms in total. The van der Waals surface area contributed by atoms with E-state index in [9.17, 15) is 4.79 Å². The maximum atomic E-state index is 13.5. The quantitative estimate of drug-likeness (QED) is 0.370. The molecule has 2 aromatic heterocycles. The third kappa shape index (κ3) is 4.89. The minimum Gasteiger partial charge on any atom is -0.497 e. The summed E-state index contributed by atoms with van der Waals surface area (Å²) in [6.07, 6.45) is 4.99. The molecule has 0 aliphatic carbocycles. The first-order valence-electron chi connectivity index (χ1n) is 11.5. The molecule has 1 saturated heterocycles. The number of nitrogens with zero attached hydrogens (tertiary/aromatic N) is 4. The Bertz CT molecular complexity index is 1240. The molecule has 5 rings (SSSR count). The number of ether oxygens (including phenoxy) is 1. The SMILES string of the molecule is COc1ccc(N2CCCN(C(=O)c3ccccc3SCc3cn4ccccc4n3)CC2)cc1. The first kappa shape index (κ1) is 22.3. The Hall–Kier alpha value is -3.45. The molecule has 0 N–H and O–H groups in total. The smallest absolute Gasteiger partial charge is 0.255 e. The van der Waals surface area contributed by atoms with Gasteiger partial charge in [-0.25, -0.2) is 4.98 Å². The second-order valence-electron chi connectivity index (χ2n) is 8.31. The number of methoxy groups -OCH3 is 1. The Labute approximate surface area is 204 Å². The number of anilines is 1. The fourth-order valence-electron chi connectivity index (χ4n) is 4.32. The lowest BCUT2D eigenvalue weighted by molar-refractivity contribution is 0.0763. The molecule has 1 aliphatic heterocycles. The molecular formula is C27H28N4O2S. The summed E-state index contributed by atoms with van der Waals surface area (Å²) in [5.41, 5.74) is 3.88. The van der Waals surface area contributed by atoms with Gasteiger partial charge in [-0.15, -0.1) is 11.8 Å². The van der Waals surface area contributed by atoms with E-state index in [1.807, 2.05) is 70.1 Å². The van der Waals surface area contributed by atoms with Crippen molar-refractivity contribution in [3.05, 3.63) is 90.4 Å². The number of aromatic nitrogens is 2. The van der Waals surface area contributed by atoms with E-state index < -0.39 is 0 Å². The van der Waals surface area contributed by atoms with Crippen molar-refractivity contribution in [3.63, 3.8) is 0 Å². The lowest BCUT2D eigenvalue weighted by Gasteiger charge is -2.24. The lowest BCUT2D eigenvalue weighted by Crippen LogP contribution is -2.35. The summed E-state index contributed by atoms with van der Waals surface area (Å²) in [5.74, 6) is 1.68. The van der Waals surface area contributed by atoms with Gasteiger partial charge in [-0.2, -0.15) is 0 Å². The molecule has 1 amide bonds. The third-order valence-corrected chi connectivity index (χ3v) is 7.23. The summed E-state index contributed by atoms with van der Waals surface area (Å²) < 4.78 is 7.30. The molecule has 3 heterocycles. The molecule has 1 fully saturated rings. The highest BCUT2D eigenvalue weighted by Gasteiger charge is 2.22. The fraction of sp³-hybridized carbons (Fsp3) is 0.259. The molecule has 2 aromatic carbocycles. The second-order valence-corrected chi connectivity index (χ2v) is 9.33. The number of carbonyl (C=O) groups is 1. The maximum absolute atomic E-state index is 13.5. The normalized spacial score (nSPS) is 14.3. The average molecular weight is 473 g/mol. The Morgan fingerprint density at radius 3 is 2.62 bits per heavy atom. The number of imidazole rings is 1. The minimum absolute atomic E-state index is 0.106. The van der Waals surface area contributed by atoms with Crippen molar-refractivity contribution < 1.29 is 9.53 Å². The zero-order valence-electron chi connectivity index (χ0n) is 19.3. The number of amides is 1. The summed E-state index contributed by atoms with van der Waals surface area (Å²) in [7, 11) is 1.68. The van der Waals surface area contributed by atoms with Crippen LogP contribution in [0.5, 0.6) is 5.75 Å². The van der Waals surface area contributed by atoms with E-state index in [1.165, 1.54) is 5.69 Å². The van der Waals surface area contributed by atoms with E-state index in [4.69, 9.17) is 4.74 Å². The highest BCUT2D eigenvalue weighted by molar-refractivity contribution is 7.98. The minimum atomic E-state index is 0.106. The lowest BCUT2D eigenvalue weighted by atomic mass is 10.2. The Morgan fingerprint density at radius 2 is 1.79 bits per heavy atom. The number of pyridine rings is 1. The summed E-state index contributed by atoms with van der Waals surface area (Å²) in [4.78, 5) is 23.5. The van der Waals surface area contributed by atoms with Gasteiger partial charge < -0.3 is 18.9 Å². The van der Waals surface area contributed by atoms with Gasteiger partial charge in [0.1, 0.15) is 11.4 Å². The van der Waals surface area contributed by atoms with E-state index in [0.717, 1.165) is 59.4 Å². The van der Waals surface area contributed by atoms with E-state index >= 15 is 0 Å². The number of carbonyl (C=O) groups excluding carboxylic acids is 1. The number of fused-ring (bicyclic) bond motifs is 1. The molecular weight excluding hydrogens is 444 g/mol. The van der Waals surface area contributed by atoms with Crippen LogP contribution in [0, 0.1) is 0 Å². The van der Waals surface area contributed by atoms with E-state index in [1.54, 1.807) is 18.9 Å². The van der Waals surface area contributed by atoms with Gasteiger partial charge in [0.25, 0.3) is 5.91 Å². The average Bonchev–Trinajstić information content (AvgIpc) is 3.15. The zero-order valence-corrected chi connectivity index (χ0v) is 20.1. The van der Waals surface area contributed by atoms with Crippen molar-refractivity contribution in [3.8, 4) is 5.75 Å². The van der Waals surface area contributed by atoms with Gasteiger partial charge in [0, 0.05) is 54.9 Å². The molecule has 0 saturated carbocycles. The highest BCUT2D eigenvalue weighted by atomic mass is 32.2. The molecule has 4 aromatic rings. The number of thioether (sulfide) groups is 1. The van der Waals surface area contributed by atoms with Crippen LogP contribution in [0.15, 0.2) is 84.0 Å². The van der Waals surface area contributed by atoms with Crippen molar-refractivity contribution in [2.24, 2.45) is 0 Å². The third-order valence-electron chi connectivity index (χ3n) is 6.13. The monoisotopic (exact) mass is 472 g/mol. The van der Waals surface area contributed by atoms with Crippen LogP contribution in [0.2, 0.25) is 0 Å². The standard InChI is InChI=1S/C27H28N4O2S/c1-33-23-12-10-22(11-13-23)29-15-6-16-30(18-17-29)27(32)24-7-2-3-8-25(24)34-20-21-19-31-14-5-4-9-26(31)28-21/h2-5,7-14,19H,6,15-18,20H2,1H3. The number of hydrogen-bond acceptors (Lipinski definition) is 5. The predicted molar refractivity (Wildman–Crippen MR) is 137 cm³/mol. The van der Waals surface area contributed by atoms with Gasteiger partial charge in [0.2, 0.25) is 0 Å². The predicted octanol–water partition coefficient (Wildman–Crippen LogP) is 4.99. The van der Waals surface area contributed by atoms with Crippen LogP contribution in [0.1, 0.15) is 22.5 Å².